The molecule has 0 amide bonds. The second kappa shape index (κ2) is 13.8. The molecule has 2 aliphatic heterocycles. The number of nitriles is 1. The Bertz CT molecular complexity index is 2310. The zero-order valence-electron chi connectivity index (χ0n) is 28.2. The molecule has 51 heavy (non-hydrogen) atoms. The van der Waals surface area contributed by atoms with Crippen LogP contribution in [-0.4, -0.2) is 30.5 Å². The quantitative estimate of drug-likeness (QED) is 0.129. The Balaban J connectivity index is 1.15. The van der Waals surface area contributed by atoms with Gasteiger partial charge in [-0.1, -0.05) is 134 Å². The summed E-state index contributed by atoms with van der Waals surface area (Å²) in [6.07, 6.45) is 16.9. The molecule has 1 fully saturated rings. The molecule has 0 aromatic heterocycles. The van der Waals surface area contributed by atoms with E-state index in [0.717, 1.165) is 61.7 Å². The van der Waals surface area contributed by atoms with Gasteiger partial charge in [0.15, 0.2) is 0 Å². The van der Waals surface area contributed by atoms with E-state index in [-0.39, 0.29) is 11.6 Å². The summed E-state index contributed by atoms with van der Waals surface area (Å²) in [7, 11) is 0. The average molecular weight is 660 g/mol. The summed E-state index contributed by atoms with van der Waals surface area (Å²) in [6, 6.07) is 44.4. The van der Waals surface area contributed by atoms with Crippen molar-refractivity contribution in [2.75, 3.05) is 23.4 Å². The number of allylic oxidation sites excluding steroid dienone is 6. The number of hydrogen-bond donors (Lipinski definition) is 2. The van der Waals surface area contributed by atoms with Crippen LogP contribution in [0.15, 0.2) is 182 Å². The third-order valence-corrected chi connectivity index (χ3v) is 9.71. The number of rotatable bonds is 8. The molecular formula is C46H37N5. The molecule has 5 heteroatoms. The van der Waals surface area contributed by atoms with Crippen LogP contribution in [0.4, 0.5) is 17.1 Å². The van der Waals surface area contributed by atoms with E-state index in [1.54, 1.807) is 0 Å². The van der Waals surface area contributed by atoms with Crippen LogP contribution in [0.25, 0.3) is 27.8 Å². The molecule has 1 aliphatic carbocycles. The Morgan fingerprint density at radius 3 is 2.41 bits per heavy atom. The maximum Gasteiger partial charge on any atom is 0.108 e. The van der Waals surface area contributed by atoms with Crippen molar-refractivity contribution in [2.45, 2.75) is 11.6 Å². The molecule has 2 unspecified atom stereocenters. The van der Waals surface area contributed by atoms with Gasteiger partial charge in [0, 0.05) is 34.7 Å². The monoisotopic (exact) mass is 659 g/mol. The maximum atomic E-state index is 9.59. The van der Waals surface area contributed by atoms with Crippen molar-refractivity contribution >= 4 is 28.3 Å². The summed E-state index contributed by atoms with van der Waals surface area (Å²) in [5, 5.41) is 16.9. The van der Waals surface area contributed by atoms with Gasteiger partial charge in [-0.2, -0.15) is 5.26 Å². The van der Waals surface area contributed by atoms with Gasteiger partial charge in [0.1, 0.15) is 6.67 Å². The lowest BCUT2D eigenvalue weighted by molar-refractivity contribution is 0.993. The normalized spacial score (nSPS) is 20.2. The lowest BCUT2D eigenvalue weighted by Gasteiger charge is -2.27. The summed E-state index contributed by atoms with van der Waals surface area (Å²) < 4.78 is 0. The zero-order valence-corrected chi connectivity index (χ0v) is 28.2. The smallest absolute Gasteiger partial charge is 0.108 e. The molecule has 5 aromatic carbocycles. The van der Waals surface area contributed by atoms with Gasteiger partial charge in [0.05, 0.1) is 28.9 Å². The SMILES string of the molecule is C=C1/C=C\C=C/CN(c2cccc(C#N)c2)c2ccc(-c3ccc(NC/N=C(/c4ccccc4)C45C=CC=CC4N5)c(-c4ccccc4)c3)cc21. The second-order valence-electron chi connectivity index (χ2n) is 12.9. The van der Waals surface area contributed by atoms with E-state index in [4.69, 9.17) is 4.99 Å². The van der Waals surface area contributed by atoms with Crippen molar-refractivity contribution < 1.29 is 0 Å². The molecule has 2 atom stereocenters. The minimum atomic E-state index is -0.267. The van der Waals surface area contributed by atoms with E-state index < -0.39 is 0 Å². The standard InChI is InChI=1S/C46H37N5/c1-33-14-5-4-12-27-51(39-20-13-15-34(28-39)31-47)43-25-23-38(29-40(33)43)37-22-24-42(41(30-37)35-16-6-2-7-17-35)48-32-49-45(36-18-8-3-9-19-36)46-26-11-10-21-44(46)50-46/h2-26,28-30,44,48,50H,1,27,32H2/b12-4-,14-5-,49-45-. The van der Waals surface area contributed by atoms with Gasteiger partial charge < -0.3 is 10.2 Å². The van der Waals surface area contributed by atoms with Crippen LogP contribution >= 0.6 is 0 Å². The highest BCUT2D eigenvalue weighted by Gasteiger charge is 2.55. The van der Waals surface area contributed by atoms with E-state index >= 15 is 0 Å². The van der Waals surface area contributed by atoms with Crippen molar-refractivity contribution in [3.8, 4) is 28.3 Å². The van der Waals surface area contributed by atoms with Crippen molar-refractivity contribution in [3.05, 3.63) is 193 Å². The third-order valence-electron chi connectivity index (χ3n) is 9.71. The lowest BCUT2D eigenvalue weighted by Crippen LogP contribution is -2.29. The Kier molecular flexibility index (Phi) is 8.59. The van der Waals surface area contributed by atoms with Crippen LogP contribution in [0, 0.1) is 11.3 Å². The number of aliphatic imine (C=N–C) groups is 1. The second-order valence-corrected chi connectivity index (χ2v) is 12.9. The number of hydrogen-bond acceptors (Lipinski definition) is 5. The van der Waals surface area contributed by atoms with Crippen LogP contribution < -0.4 is 15.5 Å². The molecule has 1 saturated heterocycles. The summed E-state index contributed by atoms with van der Waals surface area (Å²) in [5.41, 5.74) is 11.9. The molecule has 0 spiro atoms. The van der Waals surface area contributed by atoms with Gasteiger partial charge in [0.2, 0.25) is 0 Å². The highest BCUT2D eigenvalue weighted by Crippen LogP contribution is 2.40. The molecule has 2 heterocycles. The number of benzene rings is 5. The lowest BCUT2D eigenvalue weighted by atomic mass is 9.90. The van der Waals surface area contributed by atoms with Gasteiger partial charge in [-0.3, -0.25) is 10.3 Å². The molecule has 0 saturated carbocycles. The zero-order chi connectivity index (χ0) is 34.6. The molecule has 0 bridgehead atoms. The fraction of sp³-hybridized carbons (Fsp3) is 0.0870. The van der Waals surface area contributed by atoms with Crippen molar-refractivity contribution in [2.24, 2.45) is 4.99 Å². The van der Waals surface area contributed by atoms with E-state index in [2.05, 4.69) is 150 Å². The molecule has 0 radical (unpaired) electrons. The van der Waals surface area contributed by atoms with Gasteiger partial charge in [0.25, 0.3) is 0 Å². The number of nitrogens with zero attached hydrogens (tertiary/aromatic N) is 3. The molecule has 246 valence electrons. The van der Waals surface area contributed by atoms with E-state index in [0.29, 0.717) is 18.8 Å². The molecule has 5 aromatic rings. The molecular weight excluding hydrogens is 623 g/mol. The minimum Gasteiger partial charge on any atom is -0.366 e. The van der Waals surface area contributed by atoms with E-state index in [9.17, 15) is 5.26 Å². The number of anilines is 3. The highest BCUT2D eigenvalue weighted by atomic mass is 15.2. The Morgan fingerprint density at radius 2 is 1.61 bits per heavy atom. The van der Waals surface area contributed by atoms with Crippen molar-refractivity contribution in [3.63, 3.8) is 0 Å². The summed E-state index contributed by atoms with van der Waals surface area (Å²) in [6.45, 7) is 5.54. The van der Waals surface area contributed by atoms with Gasteiger partial charge in [-0.25, -0.2) is 0 Å². The Hall–Kier alpha value is -6.48. The van der Waals surface area contributed by atoms with Crippen LogP contribution in [0.5, 0.6) is 0 Å². The summed E-state index contributed by atoms with van der Waals surface area (Å²) in [5.74, 6) is 0. The first-order valence-corrected chi connectivity index (χ1v) is 17.2. The first-order chi connectivity index (χ1) is 25.1. The molecule has 5 nitrogen and oxygen atoms in total. The van der Waals surface area contributed by atoms with Crippen LogP contribution in [0.2, 0.25) is 0 Å². The fourth-order valence-electron chi connectivity index (χ4n) is 7.04. The largest absolute Gasteiger partial charge is 0.366 e. The molecule has 3 aliphatic rings. The minimum absolute atomic E-state index is 0.257. The number of nitrogens with one attached hydrogen (secondary N) is 2. The summed E-state index contributed by atoms with van der Waals surface area (Å²) >= 11 is 0. The number of fused-ring (bicyclic) bond motifs is 2. The first-order valence-electron chi connectivity index (χ1n) is 17.2. The van der Waals surface area contributed by atoms with Gasteiger partial charge in [-0.05, 0) is 70.3 Å². The Labute approximate surface area is 299 Å². The predicted molar refractivity (Wildman–Crippen MR) is 212 cm³/mol. The van der Waals surface area contributed by atoms with Crippen LogP contribution in [0.3, 0.4) is 0 Å². The topological polar surface area (TPSA) is 73.4 Å². The predicted octanol–water partition coefficient (Wildman–Crippen LogP) is 9.86. The van der Waals surface area contributed by atoms with Gasteiger partial charge in [-0.15, -0.1) is 0 Å². The van der Waals surface area contributed by atoms with Gasteiger partial charge >= 0.3 is 0 Å². The Morgan fingerprint density at radius 1 is 0.824 bits per heavy atom. The van der Waals surface area contributed by atoms with E-state index in [1.165, 1.54) is 0 Å². The maximum absolute atomic E-state index is 9.59. The average Bonchev–Trinajstić information content (AvgIpc) is 3.93. The van der Waals surface area contributed by atoms with Crippen molar-refractivity contribution in [1.29, 1.82) is 5.26 Å². The molecule has 8 rings (SSSR count). The fourth-order valence-corrected chi connectivity index (χ4v) is 7.04. The third kappa shape index (κ3) is 6.37. The molecule has 2 N–H and O–H groups in total. The first kappa shape index (κ1) is 31.8. The van der Waals surface area contributed by atoms with Crippen LogP contribution in [-0.2, 0) is 0 Å². The highest BCUT2D eigenvalue weighted by molar-refractivity contribution is 6.12. The van der Waals surface area contributed by atoms with Crippen LogP contribution in [0.1, 0.15) is 16.7 Å². The van der Waals surface area contributed by atoms with Crippen molar-refractivity contribution in [1.82, 2.24) is 5.32 Å². The summed E-state index contributed by atoms with van der Waals surface area (Å²) in [4.78, 5) is 7.42. The van der Waals surface area contributed by atoms with E-state index in [1.807, 2.05) is 48.6 Å².